The predicted molar refractivity (Wildman–Crippen MR) is 68.2 cm³/mol. The van der Waals surface area contributed by atoms with Crippen molar-refractivity contribution in [2.75, 3.05) is 0 Å². The monoisotopic (exact) mass is 239 g/mol. The van der Waals surface area contributed by atoms with Crippen LogP contribution < -0.4 is 4.74 Å². The van der Waals surface area contributed by atoms with E-state index in [9.17, 15) is 5.11 Å². The summed E-state index contributed by atoms with van der Waals surface area (Å²) in [6, 6.07) is 16.5. The Bertz CT molecular complexity index is 555. The summed E-state index contributed by atoms with van der Waals surface area (Å²) < 4.78 is 5.59. The largest absolute Gasteiger partial charge is 0.508 e. The second kappa shape index (κ2) is 5.74. The lowest BCUT2D eigenvalue weighted by atomic mass is 10.1. The van der Waals surface area contributed by atoms with Crippen LogP contribution in [0.3, 0.4) is 0 Å². The van der Waals surface area contributed by atoms with E-state index in [0.717, 1.165) is 16.9 Å². The zero-order chi connectivity index (χ0) is 12.8. The molecule has 0 bridgehead atoms. The van der Waals surface area contributed by atoms with E-state index in [4.69, 9.17) is 10.00 Å². The molecule has 0 aliphatic rings. The third kappa shape index (κ3) is 3.26. The lowest BCUT2D eigenvalue weighted by Crippen LogP contribution is -1.95. The van der Waals surface area contributed by atoms with E-state index in [-0.39, 0.29) is 5.75 Å². The highest BCUT2D eigenvalue weighted by molar-refractivity contribution is 5.30. The molecule has 0 saturated carbocycles. The average molecular weight is 239 g/mol. The molecule has 3 nitrogen and oxygen atoms in total. The van der Waals surface area contributed by atoms with Crippen molar-refractivity contribution in [2.24, 2.45) is 0 Å². The van der Waals surface area contributed by atoms with Gasteiger partial charge in [-0.3, -0.25) is 0 Å². The summed E-state index contributed by atoms with van der Waals surface area (Å²) in [5.74, 6) is 0.987. The minimum Gasteiger partial charge on any atom is -0.508 e. The molecule has 2 aromatic carbocycles. The van der Waals surface area contributed by atoms with Gasteiger partial charge >= 0.3 is 0 Å². The van der Waals surface area contributed by atoms with Gasteiger partial charge in [0.1, 0.15) is 18.1 Å². The second-order valence-corrected chi connectivity index (χ2v) is 3.94. The van der Waals surface area contributed by atoms with Gasteiger partial charge in [-0.2, -0.15) is 5.26 Å². The van der Waals surface area contributed by atoms with Gasteiger partial charge in [0.2, 0.25) is 0 Å². The molecule has 0 fully saturated rings. The molecule has 2 rings (SSSR count). The van der Waals surface area contributed by atoms with Crippen molar-refractivity contribution in [1.82, 2.24) is 0 Å². The molecule has 90 valence electrons. The number of phenols is 1. The van der Waals surface area contributed by atoms with Crippen molar-refractivity contribution in [2.45, 2.75) is 13.0 Å². The fraction of sp³-hybridized carbons (Fsp3) is 0.133. The van der Waals surface area contributed by atoms with Crippen molar-refractivity contribution in [3.05, 3.63) is 59.7 Å². The first-order valence-electron chi connectivity index (χ1n) is 5.64. The van der Waals surface area contributed by atoms with Gasteiger partial charge in [0.05, 0.1) is 12.5 Å². The highest BCUT2D eigenvalue weighted by Gasteiger charge is 1.98. The molecule has 0 aromatic heterocycles. The Balaban J connectivity index is 1.96. The molecule has 0 radical (unpaired) electrons. The van der Waals surface area contributed by atoms with Crippen LogP contribution in [0.1, 0.15) is 11.1 Å². The minimum atomic E-state index is 0.237. The van der Waals surface area contributed by atoms with E-state index in [1.165, 1.54) is 0 Å². The number of hydrogen-bond acceptors (Lipinski definition) is 3. The normalized spacial score (nSPS) is 9.72. The van der Waals surface area contributed by atoms with Crippen molar-refractivity contribution < 1.29 is 9.84 Å². The van der Waals surface area contributed by atoms with Crippen molar-refractivity contribution >= 4 is 0 Å². The maximum absolute atomic E-state index is 9.32. The number of rotatable bonds is 4. The summed E-state index contributed by atoms with van der Waals surface area (Å²) in [7, 11) is 0. The van der Waals surface area contributed by atoms with Gasteiger partial charge in [0.15, 0.2) is 0 Å². The first-order chi connectivity index (χ1) is 8.78. The predicted octanol–water partition coefficient (Wildman–Crippen LogP) is 3.04. The molecule has 0 spiro atoms. The van der Waals surface area contributed by atoms with Gasteiger partial charge in [0, 0.05) is 0 Å². The number of nitrogens with zero attached hydrogens (tertiary/aromatic N) is 1. The Morgan fingerprint density at radius 2 is 1.83 bits per heavy atom. The summed E-state index contributed by atoms with van der Waals surface area (Å²) in [5.41, 5.74) is 1.89. The molecule has 0 unspecified atom stereocenters. The zero-order valence-corrected chi connectivity index (χ0v) is 9.84. The molecular weight excluding hydrogens is 226 g/mol. The van der Waals surface area contributed by atoms with Crippen LogP contribution in [0.5, 0.6) is 11.5 Å². The van der Waals surface area contributed by atoms with Gasteiger partial charge in [-0.1, -0.05) is 24.3 Å². The smallest absolute Gasteiger partial charge is 0.119 e. The summed E-state index contributed by atoms with van der Waals surface area (Å²) in [6.45, 7) is 0.409. The SMILES string of the molecule is N#CCc1ccc(OCc2cccc(O)c2)cc1. The Hall–Kier alpha value is -2.47. The van der Waals surface area contributed by atoms with Crippen molar-refractivity contribution in [3.63, 3.8) is 0 Å². The fourth-order valence-corrected chi connectivity index (χ4v) is 1.61. The van der Waals surface area contributed by atoms with E-state index in [1.807, 2.05) is 30.3 Å². The van der Waals surface area contributed by atoms with E-state index < -0.39 is 0 Å². The Labute approximate surface area is 106 Å². The molecule has 3 heteroatoms. The number of benzene rings is 2. The summed E-state index contributed by atoms with van der Waals surface area (Å²) in [5, 5.41) is 17.9. The van der Waals surface area contributed by atoms with Gasteiger partial charge in [-0.05, 0) is 35.4 Å². The number of ether oxygens (including phenoxy) is 1. The van der Waals surface area contributed by atoms with Crippen LogP contribution in [0.25, 0.3) is 0 Å². The fourth-order valence-electron chi connectivity index (χ4n) is 1.61. The minimum absolute atomic E-state index is 0.237. The van der Waals surface area contributed by atoms with Gasteiger partial charge in [-0.15, -0.1) is 0 Å². The first kappa shape index (κ1) is 12.0. The average Bonchev–Trinajstić information content (AvgIpc) is 2.38. The first-order valence-corrected chi connectivity index (χ1v) is 5.64. The maximum atomic E-state index is 9.32. The zero-order valence-electron chi connectivity index (χ0n) is 9.84. The number of hydrogen-bond donors (Lipinski definition) is 1. The lowest BCUT2D eigenvalue weighted by Gasteiger charge is -2.07. The van der Waals surface area contributed by atoms with Gasteiger partial charge in [0.25, 0.3) is 0 Å². The van der Waals surface area contributed by atoms with Crippen LogP contribution in [0.2, 0.25) is 0 Å². The highest BCUT2D eigenvalue weighted by atomic mass is 16.5. The van der Waals surface area contributed by atoms with Crippen LogP contribution in [-0.2, 0) is 13.0 Å². The van der Waals surface area contributed by atoms with Crippen LogP contribution in [0, 0.1) is 11.3 Å². The molecule has 1 N–H and O–H groups in total. The number of nitriles is 1. The number of aromatic hydroxyl groups is 1. The van der Waals surface area contributed by atoms with Crippen LogP contribution in [-0.4, -0.2) is 5.11 Å². The van der Waals surface area contributed by atoms with Crippen molar-refractivity contribution in [1.29, 1.82) is 5.26 Å². The molecule has 0 heterocycles. The van der Waals surface area contributed by atoms with Crippen LogP contribution in [0.15, 0.2) is 48.5 Å². The molecule has 18 heavy (non-hydrogen) atoms. The van der Waals surface area contributed by atoms with Crippen LogP contribution >= 0.6 is 0 Å². The van der Waals surface area contributed by atoms with E-state index in [1.54, 1.807) is 18.2 Å². The maximum Gasteiger partial charge on any atom is 0.119 e. The third-order valence-corrected chi connectivity index (χ3v) is 2.52. The summed E-state index contributed by atoms with van der Waals surface area (Å²) >= 11 is 0. The van der Waals surface area contributed by atoms with E-state index in [2.05, 4.69) is 6.07 Å². The van der Waals surface area contributed by atoms with Gasteiger partial charge < -0.3 is 9.84 Å². The lowest BCUT2D eigenvalue weighted by molar-refractivity contribution is 0.305. The molecule has 0 amide bonds. The Morgan fingerprint density at radius 3 is 2.50 bits per heavy atom. The van der Waals surface area contributed by atoms with Gasteiger partial charge in [-0.25, -0.2) is 0 Å². The molecule has 0 saturated heterocycles. The summed E-state index contributed by atoms with van der Waals surface area (Å²) in [6.07, 6.45) is 0.410. The molecule has 0 atom stereocenters. The highest BCUT2D eigenvalue weighted by Crippen LogP contribution is 2.16. The van der Waals surface area contributed by atoms with Crippen LogP contribution in [0.4, 0.5) is 0 Å². The standard InChI is InChI=1S/C15H13NO2/c16-9-8-12-4-6-15(7-5-12)18-11-13-2-1-3-14(17)10-13/h1-7,10,17H,8,11H2. The Morgan fingerprint density at radius 1 is 1.06 bits per heavy atom. The van der Waals surface area contributed by atoms with E-state index >= 15 is 0 Å². The third-order valence-electron chi connectivity index (χ3n) is 2.52. The van der Waals surface area contributed by atoms with Crippen molar-refractivity contribution in [3.8, 4) is 17.6 Å². The topological polar surface area (TPSA) is 53.2 Å². The number of phenolic OH excluding ortho intramolecular Hbond substituents is 1. The molecular formula is C15H13NO2. The van der Waals surface area contributed by atoms with E-state index in [0.29, 0.717) is 13.0 Å². The molecule has 0 aliphatic heterocycles. The quantitative estimate of drug-likeness (QED) is 0.892. The Kier molecular flexibility index (Phi) is 3.83. The second-order valence-electron chi connectivity index (χ2n) is 3.94. The molecule has 0 aliphatic carbocycles. The molecule has 2 aromatic rings. The summed E-state index contributed by atoms with van der Waals surface area (Å²) in [4.78, 5) is 0.